The van der Waals surface area contributed by atoms with Crippen LogP contribution in [0.1, 0.15) is 24.6 Å². The van der Waals surface area contributed by atoms with Crippen LogP contribution in [-0.2, 0) is 16.1 Å². The molecule has 2 aromatic heterocycles. The summed E-state index contributed by atoms with van der Waals surface area (Å²) in [6.45, 7) is 3.80. The zero-order valence-corrected chi connectivity index (χ0v) is 14.4. The predicted octanol–water partition coefficient (Wildman–Crippen LogP) is 1.52. The third-order valence-electron chi connectivity index (χ3n) is 3.56. The lowest BCUT2D eigenvalue weighted by atomic mass is 10.2. The van der Waals surface area contributed by atoms with Crippen LogP contribution in [0, 0.1) is 6.92 Å². The molecule has 1 atom stereocenters. The number of nitrogens with zero attached hydrogens (tertiary/aromatic N) is 2. The maximum absolute atomic E-state index is 12.3. The van der Waals surface area contributed by atoms with Crippen LogP contribution in [0.15, 0.2) is 24.5 Å². The highest BCUT2D eigenvalue weighted by Gasteiger charge is 2.19. The zero-order valence-electron chi connectivity index (χ0n) is 13.6. The number of hydrogen-bond donors (Lipinski definition) is 2. The normalized spacial score (nSPS) is 12.1. The molecule has 2 amide bonds. The Hall–Kier alpha value is -2.02. The maximum atomic E-state index is 12.3. The van der Waals surface area contributed by atoms with Crippen LogP contribution in [0.5, 0.6) is 0 Å². The quantitative estimate of drug-likeness (QED) is 0.805. The lowest BCUT2D eigenvalue weighted by Crippen LogP contribution is -2.46. The Labute approximate surface area is 140 Å². The average molecular weight is 334 g/mol. The van der Waals surface area contributed by atoms with Gasteiger partial charge in [-0.3, -0.25) is 9.59 Å². The molecule has 2 aromatic rings. The second-order valence-corrected chi connectivity index (χ2v) is 6.37. The van der Waals surface area contributed by atoms with Crippen LogP contribution in [0.2, 0.25) is 0 Å². The molecule has 6 nitrogen and oxygen atoms in total. The largest absolute Gasteiger partial charge is 0.349 e. The Kier molecular flexibility index (Phi) is 6.04. The molecule has 2 rings (SSSR count). The molecule has 0 aliphatic carbocycles. The highest BCUT2D eigenvalue weighted by Crippen LogP contribution is 2.11. The first kappa shape index (κ1) is 17.3. The van der Waals surface area contributed by atoms with Gasteiger partial charge >= 0.3 is 0 Å². The maximum Gasteiger partial charge on any atom is 0.242 e. The second-order valence-electron chi connectivity index (χ2n) is 5.39. The number of aromatic nitrogens is 2. The van der Waals surface area contributed by atoms with E-state index in [0.717, 1.165) is 22.7 Å². The Morgan fingerprint density at radius 2 is 2.22 bits per heavy atom. The summed E-state index contributed by atoms with van der Waals surface area (Å²) in [5, 5.41) is 5.59. The van der Waals surface area contributed by atoms with E-state index in [1.54, 1.807) is 18.0 Å². The summed E-state index contributed by atoms with van der Waals surface area (Å²) >= 11 is 1.65. The minimum absolute atomic E-state index is 0.170. The summed E-state index contributed by atoms with van der Waals surface area (Å²) in [5.41, 5.74) is 2.88. The first-order valence-electron chi connectivity index (χ1n) is 7.48. The van der Waals surface area contributed by atoms with Crippen LogP contribution in [0.25, 0.3) is 5.65 Å². The van der Waals surface area contributed by atoms with Gasteiger partial charge in [-0.15, -0.1) is 0 Å². The minimum Gasteiger partial charge on any atom is -0.349 e. The number of pyridine rings is 1. The van der Waals surface area contributed by atoms with Crippen LogP contribution < -0.4 is 10.6 Å². The SMILES string of the molecule is CSCC[C@H](NC(C)=O)C(=O)NCc1cnc2c(C)cccn12. The van der Waals surface area contributed by atoms with Crippen molar-refractivity contribution in [3.05, 3.63) is 35.8 Å². The summed E-state index contributed by atoms with van der Waals surface area (Å²) in [4.78, 5) is 28.0. The molecule has 0 aromatic carbocycles. The Bertz CT molecular complexity index is 698. The molecule has 124 valence electrons. The Morgan fingerprint density at radius 1 is 1.43 bits per heavy atom. The standard InChI is InChI=1S/C16H22N4O2S/c1-11-5-4-7-20-13(9-17-15(11)20)10-18-16(22)14(6-8-23-3)19-12(2)21/h4-5,7,9,14H,6,8,10H2,1-3H3,(H,18,22)(H,19,21)/t14-/m0/s1. The molecule has 0 radical (unpaired) electrons. The highest BCUT2D eigenvalue weighted by molar-refractivity contribution is 7.98. The molecule has 7 heteroatoms. The van der Waals surface area contributed by atoms with Crippen molar-refractivity contribution in [1.29, 1.82) is 0 Å². The number of thioether (sulfide) groups is 1. The fraction of sp³-hybridized carbons (Fsp3) is 0.438. The van der Waals surface area contributed by atoms with Gasteiger partial charge in [0.25, 0.3) is 0 Å². The third kappa shape index (κ3) is 4.48. The van der Waals surface area contributed by atoms with Crippen molar-refractivity contribution in [2.24, 2.45) is 0 Å². The third-order valence-corrected chi connectivity index (χ3v) is 4.20. The first-order chi connectivity index (χ1) is 11.0. The van der Waals surface area contributed by atoms with Crippen LogP contribution in [0.4, 0.5) is 0 Å². The average Bonchev–Trinajstić information content (AvgIpc) is 2.93. The molecule has 2 N–H and O–H groups in total. The van der Waals surface area contributed by atoms with Crippen molar-refractivity contribution in [1.82, 2.24) is 20.0 Å². The summed E-state index contributed by atoms with van der Waals surface area (Å²) < 4.78 is 1.96. The van der Waals surface area contributed by atoms with E-state index in [0.29, 0.717) is 13.0 Å². The van der Waals surface area contributed by atoms with E-state index in [-0.39, 0.29) is 11.8 Å². The fourth-order valence-corrected chi connectivity index (χ4v) is 2.86. The van der Waals surface area contributed by atoms with Gasteiger partial charge in [0.2, 0.25) is 11.8 Å². The molecule has 2 heterocycles. The fourth-order valence-electron chi connectivity index (χ4n) is 2.38. The van der Waals surface area contributed by atoms with Gasteiger partial charge < -0.3 is 15.0 Å². The minimum atomic E-state index is -0.499. The van der Waals surface area contributed by atoms with Crippen LogP contribution in [0.3, 0.4) is 0 Å². The van der Waals surface area contributed by atoms with Crippen molar-refractivity contribution in [2.75, 3.05) is 12.0 Å². The number of rotatable bonds is 7. The van der Waals surface area contributed by atoms with Gasteiger partial charge in [0, 0.05) is 13.1 Å². The van der Waals surface area contributed by atoms with Crippen molar-refractivity contribution in [3.63, 3.8) is 0 Å². The molecule has 0 saturated heterocycles. The molecule has 0 unspecified atom stereocenters. The zero-order chi connectivity index (χ0) is 16.8. The molecular formula is C16H22N4O2S. The van der Waals surface area contributed by atoms with Gasteiger partial charge in [0.1, 0.15) is 11.7 Å². The smallest absolute Gasteiger partial charge is 0.242 e. The predicted molar refractivity (Wildman–Crippen MR) is 92.4 cm³/mol. The van der Waals surface area contributed by atoms with E-state index in [4.69, 9.17) is 0 Å². The highest BCUT2D eigenvalue weighted by atomic mass is 32.2. The number of hydrogen-bond acceptors (Lipinski definition) is 4. The van der Waals surface area contributed by atoms with E-state index in [9.17, 15) is 9.59 Å². The number of amides is 2. The summed E-state index contributed by atoms with van der Waals surface area (Å²) in [6.07, 6.45) is 6.27. The van der Waals surface area contributed by atoms with E-state index in [1.807, 2.05) is 35.9 Å². The van der Waals surface area contributed by atoms with Gasteiger partial charge in [-0.05, 0) is 37.0 Å². The molecule has 0 saturated carbocycles. The van der Waals surface area contributed by atoms with Gasteiger partial charge in [-0.2, -0.15) is 11.8 Å². The molecular weight excluding hydrogens is 312 g/mol. The Balaban J connectivity index is 2.03. The van der Waals surface area contributed by atoms with Crippen molar-refractivity contribution in [3.8, 4) is 0 Å². The van der Waals surface area contributed by atoms with Crippen LogP contribution in [-0.4, -0.2) is 39.2 Å². The number of carbonyl (C=O) groups is 2. The monoisotopic (exact) mass is 334 g/mol. The van der Waals surface area contributed by atoms with E-state index < -0.39 is 6.04 Å². The van der Waals surface area contributed by atoms with Crippen molar-refractivity contribution in [2.45, 2.75) is 32.9 Å². The van der Waals surface area contributed by atoms with Gasteiger partial charge in [-0.1, -0.05) is 6.07 Å². The molecule has 23 heavy (non-hydrogen) atoms. The second kappa shape index (κ2) is 8.01. The summed E-state index contributed by atoms with van der Waals surface area (Å²) in [7, 11) is 0. The molecule has 0 aliphatic heterocycles. The number of imidazole rings is 1. The number of carbonyl (C=O) groups excluding carboxylic acids is 2. The lowest BCUT2D eigenvalue weighted by Gasteiger charge is -2.17. The molecule has 0 aliphatic rings. The molecule has 0 bridgehead atoms. The van der Waals surface area contributed by atoms with Crippen LogP contribution >= 0.6 is 11.8 Å². The molecule has 0 fully saturated rings. The Morgan fingerprint density at radius 3 is 2.91 bits per heavy atom. The summed E-state index contributed by atoms with van der Waals surface area (Å²) in [6, 6.07) is 3.45. The lowest BCUT2D eigenvalue weighted by molar-refractivity contribution is -0.128. The van der Waals surface area contributed by atoms with E-state index >= 15 is 0 Å². The number of aryl methyl sites for hydroxylation is 1. The van der Waals surface area contributed by atoms with Crippen molar-refractivity contribution < 1.29 is 9.59 Å². The number of nitrogens with one attached hydrogen (secondary N) is 2. The summed E-state index contributed by atoms with van der Waals surface area (Å²) in [5.74, 6) is 0.446. The van der Waals surface area contributed by atoms with Gasteiger partial charge in [0.15, 0.2) is 0 Å². The van der Waals surface area contributed by atoms with Gasteiger partial charge in [-0.25, -0.2) is 4.98 Å². The van der Waals surface area contributed by atoms with E-state index in [1.165, 1.54) is 6.92 Å². The van der Waals surface area contributed by atoms with Gasteiger partial charge in [0.05, 0.1) is 18.4 Å². The molecule has 0 spiro atoms. The topological polar surface area (TPSA) is 75.5 Å². The van der Waals surface area contributed by atoms with Crippen molar-refractivity contribution >= 4 is 29.2 Å². The first-order valence-corrected chi connectivity index (χ1v) is 8.87. The van der Waals surface area contributed by atoms with E-state index in [2.05, 4.69) is 15.6 Å². The number of fused-ring (bicyclic) bond motifs is 1.